The molecule has 7 nitrogen and oxygen atoms in total. The number of fused-ring (bicyclic) bond motifs is 3. The highest BCUT2D eigenvalue weighted by Crippen LogP contribution is 2.46. The standard InChI is InChI=1S/C34H45NO6/c1-3-40-34-29(16-18-38-20-21-39-19-17-36)31(23-32(41-34)33(37)35(2)25-11-5-4-6-12-25)28-15-9-14-27-26-13-8-7-10-24(26)22-30(27)28/h7-10,13-15,23,25,29,31,34,36H,3-6,11-12,16-22H2,1-2H3/t29-,31+,34+/m1/s1. The van der Waals surface area contributed by atoms with E-state index in [0.717, 1.165) is 32.1 Å². The molecule has 0 bridgehead atoms. The number of benzene rings is 2. The van der Waals surface area contributed by atoms with E-state index in [1.54, 1.807) is 0 Å². The number of aliphatic hydroxyl groups is 1. The van der Waals surface area contributed by atoms with Crippen molar-refractivity contribution < 1.29 is 28.8 Å². The van der Waals surface area contributed by atoms with Gasteiger partial charge in [-0.1, -0.05) is 61.7 Å². The molecule has 0 aromatic heterocycles. The summed E-state index contributed by atoms with van der Waals surface area (Å²) in [7, 11) is 1.92. The number of hydrogen-bond acceptors (Lipinski definition) is 6. The van der Waals surface area contributed by atoms with Gasteiger partial charge in [-0.3, -0.25) is 4.79 Å². The molecule has 3 atom stereocenters. The lowest BCUT2D eigenvalue weighted by atomic mass is 9.78. The fraction of sp³-hybridized carbons (Fsp3) is 0.559. The van der Waals surface area contributed by atoms with E-state index in [1.165, 1.54) is 34.2 Å². The third kappa shape index (κ3) is 6.86. The smallest absolute Gasteiger partial charge is 0.288 e. The number of rotatable bonds is 13. The Bertz CT molecular complexity index is 1190. The second-order valence-electron chi connectivity index (χ2n) is 11.3. The van der Waals surface area contributed by atoms with Gasteiger partial charge in [0, 0.05) is 38.1 Å². The van der Waals surface area contributed by atoms with Crippen molar-refractivity contribution in [1.29, 1.82) is 0 Å². The van der Waals surface area contributed by atoms with Gasteiger partial charge in [0.2, 0.25) is 6.29 Å². The van der Waals surface area contributed by atoms with Gasteiger partial charge in [0.25, 0.3) is 5.91 Å². The lowest BCUT2D eigenvalue weighted by Gasteiger charge is -2.39. The van der Waals surface area contributed by atoms with Crippen LogP contribution in [0, 0.1) is 5.92 Å². The lowest BCUT2D eigenvalue weighted by Crippen LogP contribution is -2.43. The normalized spacial score (nSPS) is 22.0. The largest absolute Gasteiger partial charge is 0.459 e. The molecule has 5 rings (SSSR count). The molecule has 1 heterocycles. The third-order valence-corrected chi connectivity index (χ3v) is 8.82. The summed E-state index contributed by atoms with van der Waals surface area (Å²) in [6.07, 6.45) is 8.75. The van der Waals surface area contributed by atoms with E-state index in [2.05, 4.69) is 48.5 Å². The van der Waals surface area contributed by atoms with E-state index in [-0.39, 0.29) is 30.4 Å². The number of aliphatic hydroxyl groups excluding tert-OH is 1. The molecular formula is C34H45NO6. The average molecular weight is 564 g/mol. The van der Waals surface area contributed by atoms with Crippen molar-refractivity contribution in [3.8, 4) is 11.1 Å². The van der Waals surface area contributed by atoms with Crippen LogP contribution >= 0.6 is 0 Å². The Kier molecular flexibility index (Phi) is 10.5. The number of ether oxygens (including phenoxy) is 4. The molecule has 1 fully saturated rings. The zero-order chi connectivity index (χ0) is 28.6. The summed E-state index contributed by atoms with van der Waals surface area (Å²) >= 11 is 0. The van der Waals surface area contributed by atoms with E-state index >= 15 is 0 Å². The van der Waals surface area contributed by atoms with Crippen LogP contribution in [0.2, 0.25) is 0 Å². The highest BCUT2D eigenvalue weighted by molar-refractivity contribution is 5.92. The molecule has 1 amide bonds. The molecule has 1 saturated carbocycles. The number of carbonyl (C=O) groups is 1. The van der Waals surface area contributed by atoms with Crippen molar-refractivity contribution in [3.63, 3.8) is 0 Å². The van der Waals surface area contributed by atoms with E-state index < -0.39 is 6.29 Å². The average Bonchev–Trinajstić information content (AvgIpc) is 3.40. The van der Waals surface area contributed by atoms with Crippen molar-refractivity contribution in [2.75, 3.05) is 46.7 Å². The van der Waals surface area contributed by atoms with Gasteiger partial charge in [0.05, 0.1) is 26.4 Å². The number of hydrogen-bond donors (Lipinski definition) is 1. The second kappa shape index (κ2) is 14.5. The summed E-state index contributed by atoms with van der Waals surface area (Å²) in [5.41, 5.74) is 6.45. The van der Waals surface area contributed by atoms with Gasteiger partial charge >= 0.3 is 0 Å². The van der Waals surface area contributed by atoms with Crippen molar-refractivity contribution in [2.45, 2.75) is 70.1 Å². The van der Waals surface area contributed by atoms with Crippen LogP contribution in [0.25, 0.3) is 11.1 Å². The predicted molar refractivity (Wildman–Crippen MR) is 158 cm³/mol. The monoisotopic (exact) mass is 563 g/mol. The van der Waals surface area contributed by atoms with Gasteiger partial charge in [0.1, 0.15) is 0 Å². The summed E-state index contributed by atoms with van der Waals surface area (Å²) in [5.74, 6) is 0.250. The van der Waals surface area contributed by atoms with Crippen LogP contribution in [0.3, 0.4) is 0 Å². The van der Waals surface area contributed by atoms with Crippen LogP contribution < -0.4 is 0 Å². The van der Waals surface area contributed by atoms with Crippen LogP contribution in [0.4, 0.5) is 0 Å². The first-order chi connectivity index (χ1) is 20.1. The number of carbonyl (C=O) groups excluding carboxylic acids is 1. The van der Waals surface area contributed by atoms with Crippen molar-refractivity contribution in [1.82, 2.24) is 4.90 Å². The summed E-state index contributed by atoms with van der Waals surface area (Å²) in [5, 5.41) is 8.92. The quantitative estimate of drug-likeness (QED) is 0.279. The Labute approximate surface area is 244 Å². The maximum absolute atomic E-state index is 13.8. The fourth-order valence-electron chi connectivity index (χ4n) is 6.70. The predicted octanol–water partition coefficient (Wildman–Crippen LogP) is 5.44. The summed E-state index contributed by atoms with van der Waals surface area (Å²) in [4.78, 5) is 15.7. The van der Waals surface area contributed by atoms with Gasteiger partial charge in [-0.05, 0) is 66.5 Å². The summed E-state index contributed by atoms with van der Waals surface area (Å²) in [6, 6.07) is 15.4. The minimum absolute atomic E-state index is 0.00567. The van der Waals surface area contributed by atoms with Gasteiger partial charge in [-0.25, -0.2) is 0 Å². The van der Waals surface area contributed by atoms with Crippen LogP contribution in [0.5, 0.6) is 0 Å². The van der Waals surface area contributed by atoms with Crippen LogP contribution in [0.1, 0.15) is 68.1 Å². The Hall–Kier alpha value is -2.71. The molecular weight excluding hydrogens is 518 g/mol. The second-order valence-corrected chi connectivity index (χ2v) is 11.3. The minimum atomic E-state index is -0.553. The molecule has 0 spiro atoms. The molecule has 41 heavy (non-hydrogen) atoms. The first-order valence-electron chi connectivity index (χ1n) is 15.4. The Balaban J connectivity index is 1.44. The lowest BCUT2D eigenvalue weighted by molar-refractivity contribution is -0.172. The molecule has 1 aliphatic heterocycles. The van der Waals surface area contributed by atoms with Crippen LogP contribution in [-0.2, 0) is 30.2 Å². The molecule has 7 heteroatoms. The van der Waals surface area contributed by atoms with E-state index in [0.29, 0.717) is 45.2 Å². The first-order valence-corrected chi connectivity index (χ1v) is 15.4. The summed E-state index contributed by atoms with van der Waals surface area (Å²) in [6.45, 7) is 4.19. The van der Waals surface area contributed by atoms with E-state index in [4.69, 9.17) is 24.1 Å². The Morgan fingerprint density at radius 3 is 2.51 bits per heavy atom. The zero-order valence-electron chi connectivity index (χ0n) is 24.6. The number of nitrogens with zero attached hydrogens (tertiary/aromatic N) is 1. The number of allylic oxidation sites excluding steroid dienone is 1. The van der Waals surface area contributed by atoms with Gasteiger partial charge in [-0.15, -0.1) is 0 Å². The Morgan fingerprint density at radius 2 is 1.73 bits per heavy atom. The van der Waals surface area contributed by atoms with E-state index in [9.17, 15) is 4.79 Å². The molecule has 0 unspecified atom stereocenters. The zero-order valence-corrected chi connectivity index (χ0v) is 24.6. The molecule has 3 aliphatic rings. The SMILES string of the molecule is CCO[C@H]1OC(C(=O)N(C)C2CCCCC2)=C[C@@H](c2cccc3c2Cc2ccccc2-3)[C@H]1CCOCCOCCO. The maximum atomic E-state index is 13.8. The molecule has 1 N–H and O–H groups in total. The Morgan fingerprint density at radius 1 is 0.976 bits per heavy atom. The molecule has 2 aromatic carbocycles. The molecule has 2 aromatic rings. The third-order valence-electron chi connectivity index (χ3n) is 8.82. The van der Waals surface area contributed by atoms with Crippen molar-refractivity contribution in [3.05, 3.63) is 71.0 Å². The topological polar surface area (TPSA) is 77.5 Å². The minimum Gasteiger partial charge on any atom is -0.459 e. The maximum Gasteiger partial charge on any atom is 0.288 e. The highest BCUT2D eigenvalue weighted by atomic mass is 16.7. The number of amides is 1. The fourth-order valence-corrected chi connectivity index (χ4v) is 6.70. The van der Waals surface area contributed by atoms with Gasteiger partial charge in [-0.2, -0.15) is 0 Å². The van der Waals surface area contributed by atoms with Crippen LogP contribution in [-0.4, -0.2) is 74.9 Å². The first kappa shape index (κ1) is 29.8. The highest BCUT2D eigenvalue weighted by Gasteiger charge is 2.41. The number of likely N-dealkylation sites (N-methyl/N-ethyl adjacent to an activating group) is 1. The molecule has 0 radical (unpaired) electrons. The van der Waals surface area contributed by atoms with Crippen molar-refractivity contribution in [2.24, 2.45) is 5.92 Å². The van der Waals surface area contributed by atoms with Gasteiger partial charge in [0.15, 0.2) is 5.76 Å². The van der Waals surface area contributed by atoms with Crippen molar-refractivity contribution >= 4 is 5.91 Å². The van der Waals surface area contributed by atoms with Gasteiger partial charge < -0.3 is 29.0 Å². The molecule has 2 aliphatic carbocycles. The molecule has 0 saturated heterocycles. The van der Waals surface area contributed by atoms with E-state index in [1.807, 2.05) is 18.9 Å². The van der Waals surface area contributed by atoms with Crippen LogP contribution in [0.15, 0.2) is 54.3 Å². The molecule has 222 valence electrons. The summed E-state index contributed by atoms with van der Waals surface area (Å²) < 4.78 is 23.9.